The number of hydrogen-bond donors (Lipinski definition) is 2. The van der Waals surface area contributed by atoms with Crippen LogP contribution in [0.4, 0.5) is 10.5 Å². The highest BCUT2D eigenvalue weighted by Crippen LogP contribution is 2.23. The number of nitrogens with two attached hydrogens (primary N) is 1. The van der Waals surface area contributed by atoms with Crippen molar-refractivity contribution in [1.82, 2.24) is 4.90 Å². The van der Waals surface area contributed by atoms with E-state index in [9.17, 15) is 4.79 Å². The van der Waals surface area contributed by atoms with Crippen LogP contribution in [0.3, 0.4) is 0 Å². The van der Waals surface area contributed by atoms with Crippen molar-refractivity contribution in [2.75, 3.05) is 26.0 Å². The van der Waals surface area contributed by atoms with Crippen LogP contribution < -0.4 is 15.8 Å². The predicted octanol–water partition coefficient (Wildman–Crippen LogP) is 1.45. The summed E-state index contributed by atoms with van der Waals surface area (Å²) in [5, 5.41) is 2.71. The summed E-state index contributed by atoms with van der Waals surface area (Å²) in [6.07, 6.45) is 0. The van der Waals surface area contributed by atoms with Gasteiger partial charge in [-0.3, -0.25) is 0 Å². The van der Waals surface area contributed by atoms with Gasteiger partial charge in [-0.15, -0.1) is 0 Å². The van der Waals surface area contributed by atoms with Crippen LogP contribution >= 0.6 is 12.2 Å². The molecule has 0 saturated heterocycles. The van der Waals surface area contributed by atoms with Crippen molar-refractivity contribution >= 4 is 28.9 Å². The number of nitrogens with one attached hydrogen (secondary N) is 1. The van der Waals surface area contributed by atoms with Crippen molar-refractivity contribution in [2.45, 2.75) is 0 Å². The second kappa shape index (κ2) is 6.05. The van der Waals surface area contributed by atoms with E-state index in [2.05, 4.69) is 5.32 Å². The highest BCUT2D eigenvalue weighted by atomic mass is 32.1. The first-order chi connectivity index (χ1) is 8.00. The van der Waals surface area contributed by atoms with Gasteiger partial charge in [0.15, 0.2) is 0 Å². The lowest BCUT2D eigenvalue weighted by atomic mass is 10.3. The van der Waals surface area contributed by atoms with Crippen LogP contribution in [0.5, 0.6) is 5.75 Å². The molecule has 1 rings (SSSR count). The number of anilines is 1. The van der Waals surface area contributed by atoms with Gasteiger partial charge in [-0.2, -0.15) is 0 Å². The summed E-state index contributed by atoms with van der Waals surface area (Å²) in [6, 6.07) is 6.87. The average Bonchev–Trinajstić information content (AvgIpc) is 2.27. The summed E-state index contributed by atoms with van der Waals surface area (Å²) in [4.78, 5) is 13.2. The quantitative estimate of drug-likeness (QED) is 0.797. The molecule has 2 amide bonds. The number of para-hydroxylation sites is 2. The monoisotopic (exact) mass is 253 g/mol. The number of benzene rings is 1. The number of nitrogens with zero attached hydrogens (tertiary/aromatic N) is 1. The van der Waals surface area contributed by atoms with Gasteiger partial charge in [0.05, 0.1) is 5.69 Å². The summed E-state index contributed by atoms with van der Waals surface area (Å²) in [6.45, 7) is 0.143. The van der Waals surface area contributed by atoms with Crippen LogP contribution in [0.15, 0.2) is 24.3 Å². The van der Waals surface area contributed by atoms with Crippen molar-refractivity contribution < 1.29 is 9.53 Å². The summed E-state index contributed by atoms with van der Waals surface area (Å²) < 4.78 is 5.38. The van der Waals surface area contributed by atoms with Gasteiger partial charge in [-0.05, 0) is 12.1 Å². The van der Waals surface area contributed by atoms with Gasteiger partial charge >= 0.3 is 6.03 Å². The van der Waals surface area contributed by atoms with Gasteiger partial charge in [0, 0.05) is 14.1 Å². The largest absolute Gasteiger partial charge is 0.484 e. The number of thiocarbonyl (C=S) groups is 1. The van der Waals surface area contributed by atoms with Crippen LogP contribution in [0.1, 0.15) is 0 Å². The molecule has 1 aromatic carbocycles. The third-order valence-electron chi connectivity index (χ3n) is 1.90. The molecule has 5 nitrogen and oxygen atoms in total. The second-order valence-corrected chi connectivity index (χ2v) is 4.10. The summed E-state index contributed by atoms with van der Waals surface area (Å²) in [5.41, 5.74) is 5.94. The number of carbonyl (C=O) groups is 1. The Morgan fingerprint density at radius 3 is 2.71 bits per heavy atom. The van der Waals surface area contributed by atoms with Crippen molar-refractivity contribution in [3.8, 4) is 5.75 Å². The number of carbonyl (C=O) groups excluding carboxylic acids is 1. The smallest absolute Gasteiger partial charge is 0.321 e. The van der Waals surface area contributed by atoms with E-state index in [0.29, 0.717) is 11.4 Å². The zero-order valence-electron chi connectivity index (χ0n) is 9.77. The summed E-state index contributed by atoms with van der Waals surface area (Å²) >= 11 is 4.72. The lowest BCUT2D eigenvalue weighted by Crippen LogP contribution is -2.27. The van der Waals surface area contributed by atoms with Crippen LogP contribution in [-0.4, -0.2) is 36.6 Å². The van der Waals surface area contributed by atoms with Gasteiger partial charge in [-0.25, -0.2) is 4.79 Å². The Labute approximate surface area is 106 Å². The third-order valence-corrected chi connectivity index (χ3v) is 2.02. The standard InChI is InChI=1S/C11H15N3O2S/c1-14(2)11(15)13-8-5-3-4-6-9(8)16-7-10(12)17/h3-6H,7H2,1-2H3,(H2,12,17)(H,13,15). The Bertz CT molecular complexity index is 421. The highest BCUT2D eigenvalue weighted by molar-refractivity contribution is 7.80. The molecule has 0 aliphatic carbocycles. The fourth-order valence-corrected chi connectivity index (χ4v) is 1.13. The number of hydrogen-bond acceptors (Lipinski definition) is 3. The van der Waals surface area contributed by atoms with Crippen molar-refractivity contribution in [2.24, 2.45) is 5.73 Å². The molecule has 0 fully saturated rings. The topological polar surface area (TPSA) is 67.6 Å². The molecular weight excluding hydrogens is 238 g/mol. The second-order valence-electron chi connectivity index (χ2n) is 3.58. The van der Waals surface area contributed by atoms with Crippen LogP contribution in [-0.2, 0) is 0 Å². The molecule has 0 radical (unpaired) electrons. The van der Waals surface area contributed by atoms with Gasteiger partial charge in [0.2, 0.25) is 0 Å². The van der Waals surface area contributed by atoms with Crippen molar-refractivity contribution in [3.05, 3.63) is 24.3 Å². The van der Waals surface area contributed by atoms with Crippen LogP contribution in [0, 0.1) is 0 Å². The van der Waals surface area contributed by atoms with E-state index < -0.39 is 0 Å². The number of urea groups is 1. The number of rotatable bonds is 4. The molecule has 0 aromatic heterocycles. The highest BCUT2D eigenvalue weighted by Gasteiger charge is 2.08. The molecule has 17 heavy (non-hydrogen) atoms. The Morgan fingerprint density at radius 1 is 1.47 bits per heavy atom. The van der Waals surface area contributed by atoms with Crippen molar-refractivity contribution in [3.63, 3.8) is 0 Å². The maximum Gasteiger partial charge on any atom is 0.321 e. The Balaban J connectivity index is 2.77. The summed E-state index contributed by atoms with van der Waals surface area (Å²) in [7, 11) is 3.32. The molecule has 0 spiro atoms. The molecule has 0 unspecified atom stereocenters. The van der Waals surface area contributed by atoms with E-state index >= 15 is 0 Å². The molecule has 3 N–H and O–H groups in total. The first-order valence-electron chi connectivity index (χ1n) is 4.99. The number of ether oxygens (including phenoxy) is 1. The fraction of sp³-hybridized carbons (Fsp3) is 0.273. The van der Waals surface area contributed by atoms with Gasteiger partial charge < -0.3 is 20.7 Å². The zero-order valence-corrected chi connectivity index (χ0v) is 10.6. The fourth-order valence-electron chi connectivity index (χ4n) is 1.07. The van der Waals surface area contributed by atoms with Gasteiger partial charge in [-0.1, -0.05) is 24.4 Å². The normalized spacial score (nSPS) is 9.53. The molecule has 0 aliphatic rings. The number of amides is 2. The predicted molar refractivity (Wildman–Crippen MR) is 71.4 cm³/mol. The molecule has 0 atom stereocenters. The van der Waals surface area contributed by atoms with E-state index in [0.717, 1.165) is 0 Å². The molecule has 1 aromatic rings. The Hall–Kier alpha value is -1.82. The maximum atomic E-state index is 11.5. The third kappa shape index (κ3) is 4.28. The minimum absolute atomic E-state index is 0.143. The minimum atomic E-state index is -0.226. The van der Waals surface area contributed by atoms with Gasteiger partial charge in [0.25, 0.3) is 0 Å². The summed E-state index contributed by atoms with van der Waals surface area (Å²) in [5.74, 6) is 0.538. The molecule has 0 aliphatic heterocycles. The van der Waals surface area contributed by atoms with E-state index in [4.69, 9.17) is 22.7 Å². The maximum absolute atomic E-state index is 11.5. The molecule has 92 valence electrons. The molecular formula is C11H15N3O2S. The molecule has 0 heterocycles. The minimum Gasteiger partial charge on any atom is -0.484 e. The van der Waals surface area contributed by atoms with Crippen LogP contribution in [0.2, 0.25) is 0 Å². The van der Waals surface area contributed by atoms with E-state index in [1.807, 2.05) is 0 Å². The first-order valence-corrected chi connectivity index (χ1v) is 5.40. The molecule has 0 bridgehead atoms. The van der Waals surface area contributed by atoms with E-state index in [-0.39, 0.29) is 17.6 Å². The first kappa shape index (κ1) is 13.2. The average molecular weight is 253 g/mol. The SMILES string of the molecule is CN(C)C(=O)Nc1ccccc1OCC(N)=S. The van der Waals surface area contributed by atoms with E-state index in [1.165, 1.54) is 4.90 Å². The van der Waals surface area contributed by atoms with E-state index in [1.54, 1.807) is 38.4 Å². The van der Waals surface area contributed by atoms with Gasteiger partial charge in [0.1, 0.15) is 17.3 Å². The van der Waals surface area contributed by atoms with Crippen LogP contribution in [0.25, 0.3) is 0 Å². The Kier molecular flexibility index (Phi) is 4.71. The Morgan fingerprint density at radius 2 is 2.12 bits per heavy atom. The zero-order chi connectivity index (χ0) is 12.8. The molecule has 6 heteroatoms. The van der Waals surface area contributed by atoms with Crippen molar-refractivity contribution in [1.29, 1.82) is 0 Å². The lowest BCUT2D eigenvalue weighted by Gasteiger charge is -2.15. The molecule has 0 saturated carbocycles. The lowest BCUT2D eigenvalue weighted by molar-refractivity contribution is 0.230.